The first-order chi connectivity index (χ1) is 12.9. The topological polar surface area (TPSA) is 99.2 Å². The van der Waals surface area contributed by atoms with Crippen LogP contribution in [0.3, 0.4) is 0 Å². The van der Waals surface area contributed by atoms with Crippen molar-refractivity contribution in [2.45, 2.75) is 18.6 Å². The molecule has 3 aliphatic heterocycles. The van der Waals surface area contributed by atoms with Gasteiger partial charge in [0.1, 0.15) is 12.2 Å². The molecule has 2 bridgehead atoms. The fourth-order valence-corrected chi connectivity index (χ4v) is 4.07. The summed E-state index contributed by atoms with van der Waals surface area (Å²) in [7, 11) is 1.23. The predicted molar refractivity (Wildman–Crippen MR) is 90.6 cm³/mol. The van der Waals surface area contributed by atoms with E-state index in [-0.39, 0.29) is 17.9 Å². The number of rotatable bonds is 4. The molecule has 2 amide bonds. The Morgan fingerprint density at radius 3 is 2.67 bits per heavy atom. The average Bonchev–Trinajstić information content (AvgIpc) is 3.30. The smallest absolute Gasteiger partial charge is 0.339 e. The van der Waals surface area contributed by atoms with Crippen LogP contribution in [-0.2, 0) is 28.6 Å². The highest BCUT2D eigenvalue weighted by Gasteiger charge is 2.68. The number of imide groups is 1. The Morgan fingerprint density at radius 1 is 1.22 bits per heavy atom. The second-order valence-corrected chi connectivity index (χ2v) is 6.70. The van der Waals surface area contributed by atoms with E-state index in [2.05, 4.69) is 0 Å². The van der Waals surface area contributed by atoms with Gasteiger partial charge in [0.15, 0.2) is 0 Å². The summed E-state index contributed by atoms with van der Waals surface area (Å²) in [5.74, 6) is -3.61. The van der Waals surface area contributed by atoms with Crippen molar-refractivity contribution in [1.82, 2.24) is 0 Å². The largest absolute Gasteiger partial charge is 0.465 e. The number of methoxy groups -OCH3 is 1. The first-order valence-electron chi connectivity index (χ1n) is 8.45. The Hall–Kier alpha value is -3.00. The normalized spacial score (nSPS) is 30.6. The van der Waals surface area contributed by atoms with E-state index in [1.165, 1.54) is 26.2 Å². The number of carbonyl (C=O) groups excluding carboxylic acids is 4. The molecule has 0 aliphatic carbocycles. The molecule has 0 spiro atoms. The molecule has 140 valence electrons. The van der Waals surface area contributed by atoms with Crippen molar-refractivity contribution in [2.24, 2.45) is 11.8 Å². The molecule has 8 heteroatoms. The van der Waals surface area contributed by atoms with Crippen LogP contribution in [0.25, 0.3) is 0 Å². The molecule has 0 N–H and O–H groups in total. The minimum atomic E-state index is -1.16. The molecule has 27 heavy (non-hydrogen) atoms. The van der Waals surface area contributed by atoms with E-state index >= 15 is 0 Å². The molecular weight excluding hydrogens is 354 g/mol. The highest BCUT2D eigenvalue weighted by molar-refractivity contribution is 6.25. The minimum Gasteiger partial charge on any atom is -0.465 e. The Bertz CT molecular complexity index is 892. The Kier molecular flexibility index (Phi) is 3.88. The average molecular weight is 371 g/mol. The zero-order valence-electron chi connectivity index (χ0n) is 14.7. The molecule has 0 aromatic heterocycles. The summed E-state index contributed by atoms with van der Waals surface area (Å²) in [6.45, 7) is 1.11. The molecule has 2 saturated heterocycles. The number of anilines is 1. The zero-order chi connectivity index (χ0) is 19.3. The highest BCUT2D eigenvalue weighted by atomic mass is 16.6. The summed E-state index contributed by atoms with van der Waals surface area (Å²) < 4.78 is 15.7. The molecule has 4 atom stereocenters. The molecule has 2 fully saturated rings. The van der Waals surface area contributed by atoms with Crippen LogP contribution in [0.1, 0.15) is 17.3 Å². The lowest BCUT2D eigenvalue weighted by atomic mass is 9.77. The predicted octanol–water partition coefficient (Wildman–Crippen LogP) is 0.849. The fourth-order valence-electron chi connectivity index (χ4n) is 4.07. The van der Waals surface area contributed by atoms with Gasteiger partial charge in [-0.25, -0.2) is 9.69 Å². The molecule has 0 radical (unpaired) electrons. The number of hydrogen-bond acceptors (Lipinski definition) is 7. The summed E-state index contributed by atoms with van der Waals surface area (Å²) >= 11 is 0. The van der Waals surface area contributed by atoms with Gasteiger partial charge in [0.05, 0.1) is 36.3 Å². The number of para-hydroxylation sites is 1. The van der Waals surface area contributed by atoms with E-state index in [4.69, 9.17) is 14.2 Å². The van der Waals surface area contributed by atoms with E-state index in [0.29, 0.717) is 0 Å². The molecular formula is C19H17NO7. The molecule has 3 aliphatic rings. The van der Waals surface area contributed by atoms with E-state index in [1.54, 1.807) is 24.3 Å². The van der Waals surface area contributed by atoms with Gasteiger partial charge in [0.25, 0.3) is 0 Å². The minimum absolute atomic E-state index is 0.122. The van der Waals surface area contributed by atoms with E-state index < -0.39 is 47.3 Å². The van der Waals surface area contributed by atoms with Crippen LogP contribution in [0.2, 0.25) is 0 Å². The van der Waals surface area contributed by atoms with Crippen molar-refractivity contribution >= 4 is 29.4 Å². The summed E-state index contributed by atoms with van der Waals surface area (Å²) in [6.07, 6.45) is 2.83. The van der Waals surface area contributed by atoms with Gasteiger partial charge in [-0.2, -0.15) is 0 Å². The van der Waals surface area contributed by atoms with E-state index in [1.807, 2.05) is 0 Å². The van der Waals surface area contributed by atoms with Crippen LogP contribution in [-0.4, -0.2) is 49.2 Å². The number of benzene rings is 1. The van der Waals surface area contributed by atoms with Gasteiger partial charge in [-0.1, -0.05) is 18.2 Å². The van der Waals surface area contributed by atoms with Gasteiger partial charge in [-0.3, -0.25) is 14.4 Å². The van der Waals surface area contributed by atoms with E-state index in [0.717, 1.165) is 4.90 Å². The van der Waals surface area contributed by atoms with Crippen LogP contribution < -0.4 is 4.90 Å². The molecule has 0 saturated carbocycles. The third kappa shape index (κ3) is 2.40. The third-order valence-corrected chi connectivity index (χ3v) is 5.21. The lowest BCUT2D eigenvalue weighted by Gasteiger charge is -2.28. The maximum absolute atomic E-state index is 13.2. The SMILES string of the molecule is COC(=O)c1ccccc1N1C(=O)[C@H]2[C@H]3C=C[C@@](COC(C)=O)(O3)[C@H]2C1=O. The molecule has 1 aromatic rings. The van der Waals surface area contributed by atoms with Gasteiger partial charge in [0.2, 0.25) is 11.8 Å². The van der Waals surface area contributed by atoms with Crippen LogP contribution in [0.5, 0.6) is 0 Å². The van der Waals surface area contributed by atoms with Gasteiger partial charge in [0, 0.05) is 6.92 Å². The van der Waals surface area contributed by atoms with E-state index in [9.17, 15) is 19.2 Å². The van der Waals surface area contributed by atoms with Crippen molar-refractivity contribution in [3.8, 4) is 0 Å². The number of nitrogens with zero attached hydrogens (tertiary/aromatic N) is 1. The van der Waals surface area contributed by atoms with Crippen LogP contribution >= 0.6 is 0 Å². The summed E-state index contributed by atoms with van der Waals surface area (Å²) in [6, 6.07) is 6.28. The standard InChI is InChI=1S/C19H17NO7/c1-10(21)26-9-19-8-7-13(27-19)14-15(19)17(23)20(16(14)22)12-6-4-3-5-11(12)18(24)25-2/h3-8,13-15H,9H2,1-2H3/t13-,14+,15-,19+/m1/s1. The summed E-state index contributed by atoms with van der Waals surface area (Å²) in [4.78, 5) is 50.6. The number of amides is 2. The van der Waals surface area contributed by atoms with Crippen LogP contribution in [0.4, 0.5) is 5.69 Å². The number of esters is 2. The molecule has 3 heterocycles. The summed E-state index contributed by atoms with van der Waals surface area (Å²) in [5, 5.41) is 0. The van der Waals surface area contributed by atoms with Crippen LogP contribution in [0.15, 0.2) is 36.4 Å². The zero-order valence-corrected chi connectivity index (χ0v) is 14.7. The third-order valence-electron chi connectivity index (χ3n) is 5.21. The van der Waals surface area contributed by atoms with Crippen molar-refractivity contribution < 1.29 is 33.4 Å². The molecule has 0 unspecified atom stereocenters. The molecule has 4 rings (SSSR count). The Morgan fingerprint density at radius 2 is 1.96 bits per heavy atom. The van der Waals surface area contributed by atoms with Crippen molar-refractivity contribution in [3.05, 3.63) is 42.0 Å². The number of hydrogen-bond donors (Lipinski definition) is 0. The first kappa shape index (κ1) is 17.4. The maximum Gasteiger partial charge on any atom is 0.339 e. The monoisotopic (exact) mass is 371 g/mol. The fraction of sp³-hybridized carbons (Fsp3) is 0.368. The highest BCUT2D eigenvalue weighted by Crippen LogP contribution is 2.52. The van der Waals surface area contributed by atoms with Gasteiger partial charge >= 0.3 is 11.9 Å². The van der Waals surface area contributed by atoms with Crippen molar-refractivity contribution in [2.75, 3.05) is 18.6 Å². The van der Waals surface area contributed by atoms with Crippen molar-refractivity contribution in [3.63, 3.8) is 0 Å². The Balaban J connectivity index is 1.73. The second-order valence-electron chi connectivity index (χ2n) is 6.70. The maximum atomic E-state index is 13.2. The van der Waals surface area contributed by atoms with Crippen molar-refractivity contribution in [1.29, 1.82) is 0 Å². The van der Waals surface area contributed by atoms with Gasteiger partial charge in [-0.05, 0) is 18.2 Å². The lowest BCUT2D eigenvalue weighted by Crippen LogP contribution is -2.44. The summed E-state index contributed by atoms with van der Waals surface area (Å²) in [5.41, 5.74) is -0.865. The lowest BCUT2D eigenvalue weighted by molar-refractivity contribution is -0.150. The second kappa shape index (κ2) is 6.02. The van der Waals surface area contributed by atoms with Crippen LogP contribution in [0, 0.1) is 11.8 Å². The number of carbonyl (C=O) groups is 4. The van der Waals surface area contributed by atoms with Gasteiger partial charge in [-0.15, -0.1) is 0 Å². The molecule has 8 nitrogen and oxygen atoms in total. The van der Waals surface area contributed by atoms with Gasteiger partial charge < -0.3 is 14.2 Å². The Labute approximate surface area is 154 Å². The molecule has 1 aromatic carbocycles. The number of ether oxygens (including phenoxy) is 3. The number of fused-ring (bicyclic) bond motifs is 5. The first-order valence-corrected chi connectivity index (χ1v) is 8.45. The quantitative estimate of drug-likeness (QED) is 0.439.